The van der Waals surface area contributed by atoms with Crippen LogP contribution in [0, 0.1) is 0 Å². The van der Waals surface area contributed by atoms with Crippen LogP contribution < -0.4 is 5.73 Å². The summed E-state index contributed by atoms with van der Waals surface area (Å²) in [6, 6.07) is 3.09. The van der Waals surface area contributed by atoms with E-state index in [0.717, 1.165) is 0 Å². The summed E-state index contributed by atoms with van der Waals surface area (Å²) in [6.45, 7) is 0. The van der Waals surface area contributed by atoms with Gasteiger partial charge in [0, 0.05) is 19.7 Å². The molecule has 3 nitrogen and oxygen atoms in total. The monoisotopic (exact) mass is 246 g/mol. The third-order valence-electron chi connectivity index (χ3n) is 2.28. The Hall–Kier alpha value is -1.56. The fourth-order valence-corrected chi connectivity index (χ4v) is 1.28. The molecular weight excluding hydrogens is 233 g/mol. The first-order valence-corrected chi connectivity index (χ1v) is 4.87. The Morgan fingerprint density at radius 3 is 2.06 bits per heavy atom. The number of rotatable bonds is 2. The third-order valence-corrected chi connectivity index (χ3v) is 2.28. The van der Waals surface area contributed by atoms with Gasteiger partial charge in [0.25, 0.3) is 5.91 Å². The molecule has 1 aromatic rings. The minimum absolute atomic E-state index is 0.0622. The second-order valence-corrected chi connectivity index (χ2v) is 3.84. The van der Waals surface area contributed by atoms with Gasteiger partial charge in [-0.15, -0.1) is 0 Å². The van der Waals surface area contributed by atoms with Crippen molar-refractivity contribution in [3.63, 3.8) is 0 Å². The Morgan fingerprint density at radius 1 is 1.24 bits per heavy atom. The van der Waals surface area contributed by atoms with Crippen LogP contribution in [0.5, 0.6) is 0 Å². The van der Waals surface area contributed by atoms with Crippen LogP contribution in [0.15, 0.2) is 24.3 Å². The highest BCUT2D eigenvalue weighted by Crippen LogP contribution is 2.30. The standard InChI is InChI=1S/C11H13F3N2O/c1-16(2)10(17)8-5-3-7(4-6-8)9(15)11(12,13)14/h3-6,9H,15H2,1-2H3. The molecule has 1 atom stereocenters. The molecule has 0 aromatic heterocycles. The molecule has 0 heterocycles. The second-order valence-electron chi connectivity index (χ2n) is 3.84. The maximum absolute atomic E-state index is 12.3. The molecule has 94 valence electrons. The van der Waals surface area contributed by atoms with E-state index in [-0.39, 0.29) is 11.5 Å². The zero-order chi connectivity index (χ0) is 13.2. The van der Waals surface area contributed by atoms with Gasteiger partial charge in [0.15, 0.2) is 0 Å². The van der Waals surface area contributed by atoms with E-state index >= 15 is 0 Å². The third kappa shape index (κ3) is 3.20. The molecule has 0 bridgehead atoms. The summed E-state index contributed by atoms with van der Waals surface area (Å²) in [6.07, 6.45) is -4.48. The van der Waals surface area contributed by atoms with Crippen molar-refractivity contribution in [3.8, 4) is 0 Å². The molecule has 1 rings (SSSR count). The predicted molar refractivity (Wildman–Crippen MR) is 57.4 cm³/mol. The number of halogens is 3. The molecule has 0 saturated heterocycles. The highest BCUT2D eigenvalue weighted by atomic mass is 19.4. The van der Waals surface area contributed by atoms with Gasteiger partial charge in [-0.25, -0.2) is 0 Å². The summed E-state index contributed by atoms with van der Waals surface area (Å²) in [5.74, 6) is -0.267. The fourth-order valence-electron chi connectivity index (χ4n) is 1.28. The van der Waals surface area contributed by atoms with Crippen LogP contribution in [-0.2, 0) is 0 Å². The molecule has 0 aliphatic carbocycles. The van der Waals surface area contributed by atoms with Crippen LogP contribution in [-0.4, -0.2) is 31.1 Å². The quantitative estimate of drug-likeness (QED) is 0.867. The number of alkyl halides is 3. The normalized spacial score (nSPS) is 13.3. The van der Waals surface area contributed by atoms with Gasteiger partial charge < -0.3 is 10.6 Å². The minimum Gasteiger partial charge on any atom is -0.345 e. The molecule has 0 spiro atoms. The maximum Gasteiger partial charge on any atom is 0.407 e. The van der Waals surface area contributed by atoms with Gasteiger partial charge >= 0.3 is 6.18 Å². The lowest BCUT2D eigenvalue weighted by atomic mass is 10.0. The van der Waals surface area contributed by atoms with Gasteiger partial charge in [0.05, 0.1) is 0 Å². The first kappa shape index (κ1) is 13.5. The molecule has 1 aromatic carbocycles. The molecule has 0 saturated carbocycles. The number of hydrogen-bond acceptors (Lipinski definition) is 2. The van der Waals surface area contributed by atoms with Crippen molar-refractivity contribution >= 4 is 5.91 Å². The highest BCUT2D eigenvalue weighted by molar-refractivity contribution is 5.93. The van der Waals surface area contributed by atoms with Crippen LogP contribution >= 0.6 is 0 Å². The average molecular weight is 246 g/mol. The Bertz CT molecular complexity index is 398. The molecule has 1 unspecified atom stereocenters. The van der Waals surface area contributed by atoms with Gasteiger partial charge in [-0.05, 0) is 17.7 Å². The zero-order valence-corrected chi connectivity index (χ0v) is 9.45. The van der Waals surface area contributed by atoms with E-state index in [4.69, 9.17) is 5.73 Å². The lowest BCUT2D eigenvalue weighted by Gasteiger charge is -2.16. The van der Waals surface area contributed by atoms with Crippen molar-refractivity contribution in [1.82, 2.24) is 4.90 Å². The number of carbonyl (C=O) groups excluding carboxylic acids is 1. The molecule has 2 N–H and O–H groups in total. The average Bonchev–Trinajstić information content (AvgIpc) is 2.26. The van der Waals surface area contributed by atoms with Crippen molar-refractivity contribution in [2.45, 2.75) is 12.2 Å². The zero-order valence-electron chi connectivity index (χ0n) is 9.45. The van der Waals surface area contributed by atoms with E-state index in [2.05, 4.69) is 0 Å². The van der Waals surface area contributed by atoms with E-state index in [9.17, 15) is 18.0 Å². The Kier molecular flexibility index (Phi) is 3.77. The van der Waals surface area contributed by atoms with Crippen LogP contribution in [0.4, 0.5) is 13.2 Å². The number of amides is 1. The molecule has 0 aliphatic heterocycles. The van der Waals surface area contributed by atoms with E-state index in [1.807, 2.05) is 0 Å². The summed E-state index contributed by atoms with van der Waals surface area (Å²) in [4.78, 5) is 12.8. The van der Waals surface area contributed by atoms with Gasteiger partial charge in [0.2, 0.25) is 0 Å². The van der Waals surface area contributed by atoms with Crippen molar-refractivity contribution in [2.24, 2.45) is 5.73 Å². The summed E-state index contributed by atoms with van der Waals surface area (Å²) in [7, 11) is 3.13. The van der Waals surface area contributed by atoms with Gasteiger partial charge in [-0.1, -0.05) is 12.1 Å². The van der Waals surface area contributed by atoms with Crippen LogP contribution in [0.2, 0.25) is 0 Å². The van der Waals surface area contributed by atoms with Crippen molar-refractivity contribution in [2.75, 3.05) is 14.1 Å². The first-order valence-electron chi connectivity index (χ1n) is 4.87. The van der Waals surface area contributed by atoms with Crippen LogP contribution in [0.25, 0.3) is 0 Å². The van der Waals surface area contributed by atoms with Gasteiger partial charge in [-0.2, -0.15) is 13.2 Å². The smallest absolute Gasteiger partial charge is 0.345 e. The number of carbonyl (C=O) groups is 1. The Labute approximate surface area is 97.0 Å². The van der Waals surface area contributed by atoms with Crippen molar-refractivity contribution in [1.29, 1.82) is 0 Å². The molecular formula is C11H13F3N2O. The molecule has 0 radical (unpaired) electrons. The maximum atomic E-state index is 12.3. The van der Waals surface area contributed by atoms with Crippen LogP contribution in [0.3, 0.4) is 0 Å². The Morgan fingerprint density at radius 2 is 1.71 bits per heavy atom. The largest absolute Gasteiger partial charge is 0.407 e. The summed E-state index contributed by atoms with van der Waals surface area (Å²) in [5, 5.41) is 0. The highest BCUT2D eigenvalue weighted by Gasteiger charge is 2.37. The van der Waals surface area contributed by atoms with Crippen LogP contribution in [0.1, 0.15) is 22.0 Å². The summed E-state index contributed by atoms with van der Waals surface area (Å²) in [5.41, 5.74) is 5.30. The van der Waals surface area contributed by atoms with Crippen molar-refractivity contribution in [3.05, 3.63) is 35.4 Å². The lowest BCUT2D eigenvalue weighted by molar-refractivity contribution is -0.149. The second kappa shape index (κ2) is 4.75. The molecule has 0 fully saturated rings. The van der Waals surface area contributed by atoms with Gasteiger partial charge in [-0.3, -0.25) is 4.79 Å². The molecule has 6 heteroatoms. The number of hydrogen-bond donors (Lipinski definition) is 1. The molecule has 1 amide bonds. The Balaban J connectivity index is 2.93. The predicted octanol–water partition coefficient (Wildman–Crippen LogP) is 1.95. The van der Waals surface area contributed by atoms with E-state index in [1.165, 1.54) is 29.2 Å². The summed E-state index contributed by atoms with van der Waals surface area (Å²) < 4.78 is 37.0. The number of nitrogens with zero attached hydrogens (tertiary/aromatic N) is 1. The van der Waals surface area contributed by atoms with E-state index in [0.29, 0.717) is 5.56 Å². The minimum atomic E-state index is -4.48. The van der Waals surface area contributed by atoms with E-state index in [1.54, 1.807) is 14.1 Å². The SMILES string of the molecule is CN(C)C(=O)c1ccc(C(N)C(F)(F)F)cc1. The molecule has 17 heavy (non-hydrogen) atoms. The number of nitrogens with two attached hydrogens (primary N) is 1. The molecule has 0 aliphatic rings. The first-order chi connectivity index (χ1) is 7.73. The fraction of sp³-hybridized carbons (Fsp3) is 0.364. The topological polar surface area (TPSA) is 46.3 Å². The van der Waals surface area contributed by atoms with E-state index < -0.39 is 12.2 Å². The number of benzene rings is 1. The van der Waals surface area contributed by atoms with Crippen molar-refractivity contribution < 1.29 is 18.0 Å². The van der Waals surface area contributed by atoms with Gasteiger partial charge in [0.1, 0.15) is 6.04 Å². The summed E-state index contributed by atoms with van der Waals surface area (Å²) >= 11 is 0. The lowest BCUT2D eigenvalue weighted by Crippen LogP contribution is -2.28.